The predicted octanol–water partition coefficient (Wildman–Crippen LogP) is 1.91. The highest BCUT2D eigenvalue weighted by Gasteiger charge is 2.33. The summed E-state index contributed by atoms with van der Waals surface area (Å²) in [6.07, 6.45) is 1.54. The molecule has 7 heteroatoms. The summed E-state index contributed by atoms with van der Waals surface area (Å²) in [5.41, 5.74) is -0.435. The number of aliphatic carboxylic acids is 1. The van der Waals surface area contributed by atoms with Gasteiger partial charge in [-0.2, -0.15) is 0 Å². The van der Waals surface area contributed by atoms with Gasteiger partial charge in [-0.15, -0.1) is 0 Å². The smallest absolute Gasteiger partial charge is 0.326 e. The highest BCUT2D eigenvalue weighted by molar-refractivity contribution is 5.97. The van der Waals surface area contributed by atoms with Crippen LogP contribution in [0.5, 0.6) is 0 Å². The Morgan fingerprint density at radius 1 is 1.32 bits per heavy atom. The van der Waals surface area contributed by atoms with Crippen molar-refractivity contribution < 1.29 is 28.3 Å². The quantitative estimate of drug-likeness (QED) is 0.889. The number of Topliss-reactive ketones (excluding diaryl/α,β-unsaturated/α-hetero) is 1. The van der Waals surface area contributed by atoms with Crippen molar-refractivity contribution in [3.63, 3.8) is 0 Å². The van der Waals surface area contributed by atoms with Crippen molar-refractivity contribution in [2.24, 2.45) is 5.92 Å². The number of hydrogen-bond donors (Lipinski definition) is 2. The number of rotatable bonds is 4. The van der Waals surface area contributed by atoms with E-state index in [0.717, 1.165) is 12.1 Å². The minimum atomic E-state index is -1.28. The summed E-state index contributed by atoms with van der Waals surface area (Å²) in [5.74, 6) is -4.70. The number of nitrogens with one attached hydrogen (secondary N) is 1. The molecule has 2 atom stereocenters. The first-order valence-corrected chi connectivity index (χ1v) is 6.89. The maximum absolute atomic E-state index is 13.6. The number of halogens is 2. The van der Waals surface area contributed by atoms with Gasteiger partial charge in [-0.25, -0.2) is 13.6 Å². The monoisotopic (exact) mass is 311 g/mol. The van der Waals surface area contributed by atoms with Gasteiger partial charge >= 0.3 is 5.97 Å². The number of carbonyl (C=O) groups is 3. The Morgan fingerprint density at radius 2 is 2.05 bits per heavy atom. The molecule has 5 nitrogen and oxygen atoms in total. The van der Waals surface area contributed by atoms with Gasteiger partial charge in [-0.05, 0) is 30.9 Å². The molecular weight excluding hydrogens is 296 g/mol. The van der Waals surface area contributed by atoms with Crippen molar-refractivity contribution in [3.05, 3.63) is 35.4 Å². The van der Waals surface area contributed by atoms with Crippen molar-refractivity contribution in [1.29, 1.82) is 0 Å². The summed E-state index contributed by atoms with van der Waals surface area (Å²) in [6.45, 7) is 0. The van der Waals surface area contributed by atoms with Crippen LogP contribution in [0.3, 0.4) is 0 Å². The van der Waals surface area contributed by atoms with E-state index in [4.69, 9.17) is 0 Å². The van der Waals surface area contributed by atoms with Gasteiger partial charge < -0.3 is 10.4 Å². The zero-order valence-electron chi connectivity index (χ0n) is 11.6. The van der Waals surface area contributed by atoms with Crippen LogP contribution >= 0.6 is 0 Å². The highest BCUT2D eigenvalue weighted by Crippen LogP contribution is 2.25. The molecule has 2 rings (SSSR count). The lowest BCUT2D eigenvalue weighted by atomic mass is 9.83. The van der Waals surface area contributed by atoms with Gasteiger partial charge in [0.2, 0.25) is 0 Å². The molecule has 0 aliphatic heterocycles. The van der Waals surface area contributed by atoms with Gasteiger partial charge in [-0.1, -0.05) is 0 Å². The first-order chi connectivity index (χ1) is 10.4. The molecule has 22 heavy (non-hydrogen) atoms. The van der Waals surface area contributed by atoms with E-state index < -0.39 is 41.0 Å². The summed E-state index contributed by atoms with van der Waals surface area (Å²) in [4.78, 5) is 34.8. The van der Waals surface area contributed by atoms with Gasteiger partial charge in [0.05, 0.1) is 5.56 Å². The molecular formula is C15H15F2NO4. The summed E-state index contributed by atoms with van der Waals surface area (Å²) in [7, 11) is 0. The second-order valence-electron chi connectivity index (χ2n) is 5.31. The largest absolute Gasteiger partial charge is 0.480 e. The summed E-state index contributed by atoms with van der Waals surface area (Å²) in [6, 6.07) is 1.14. The molecule has 0 unspecified atom stereocenters. The fraction of sp³-hybridized carbons (Fsp3) is 0.400. The Morgan fingerprint density at radius 3 is 2.64 bits per heavy atom. The van der Waals surface area contributed by atoms with Gasteiger partial charge in [-0.3, -0.25) is 9.59 Å². The number of carbonyl (C=O) groups excluding carboxylic acids is 2. The molecule has 118 valence electrons. The minimum absolute atomic E-state index is 0.0512. The van der Waals surface area contributed by atoms with Crippen LogP contribution in [-0.4, -0.2) is 28.8 Å². The molecule has 0 heterocycles. The van der Waals surface area contributed by atoms with E-state index >= 15 is 0 Å². The molecule has 1 aromatic carbocycles. The zero-order chi connectivity index (χ0) is 16.3. The SMILES string of the molecule is O=C1CCC[C@@H]([C@H](NC(=O)c2ccc(F)cc2F)C(=O)O)C1. The molecule has 1 aliphatic rings. The summed E-state index contributed by atoms with van der Waals surface area (Å²) >= 11 is 0. The number of hydrogen-bond acceptors (Lipinski definition) is 3. The summed E-state index contributed by atoms with van der Waals surface area (Å²) in [5, 5.41) is 11.5. The van der Waals surface area contributed by atoms with Crippen LogP contribution in [0, 0.1) is 17.6 Å². The van der Waals surface area contributed by atoms with Crippen LogP contribution in [-0.2, 0) is 9.59 Å². The lowest BCUT2D eigenvalue weighted by molar-refractivity contribution is -0.141. The standard InChI is InChI=1S/C15H15F2NO4/c16-9-4-5-11(12(17)7-9)14(20)18-13(15(21)22)8-2-1-3-10(19)6-8/h4-5,7-8,13H,1-3,6H2,(H,18,20)(H,21,22)/t8-,13+/m1/s1. The van der Waals surface area contributed by atoms with Gasteiger partial charge in [0.25, 0.3) is 5.91 Å². The van der Waals surface area contributed by atoms with Crippen LogP contribution in [0.15, 0.2) is 18.2 Å². The van der Waals surface area contributed by atoms with Crippen molar-refractivity contribution in [2.75, 3.05) is 0 Å². The van der Waals surface area contributed by atoms with Crippen molar-refractivity contribution in [2.45, 2.75) is 31.7 Å². The number of carboxylic acids is 1. The first kappa shape index (κ1) is 16.1. The second kappa shape index (κ2) is 6.64. The van der Waals surface area contributed by atoms with E-state index in [1.165, 1.54) is 0 Å². The Kier molecular flexibility index (Phi) is 4.85. The molecule has 1 saturated carbocycles. The average molecular weight is 311 g/mol. The third-order valence-corrected chi connectivity index (χ3v) is 3.72. The zero-order valence-corrected chi connectivity index (χ0v) is 11.6. The van der Waals surface area contributed by atoms with E-state index in [1.54, 1.807) is 0 Å². The van der Waals surface area contributed by atoms with E-state index in [0.29, 0.717) is 25.3 Å². The predicted molar refractivity (Wildman–Crippen MR) is 72.2 cm³/mol. The Balaban J connectivity index is 2.15. The van der Waals surface area contributed by atoms with Crippen LogP contribution in [0.25, 0.3) is 0 Å². The minimum Gasteiger partial charge on any atom is -0.480 e. The van der Waals surface area contributed by atoms with Crippen molar-refractivity contribution in [3.8, 4) is 0 Å². The molecule has 0 saturated heterocycles. The lowest BCUT2D eigenvalue weighted by Gasteiger charge is -2.27. The molecule has 1 aliphatic carbocycles. The third-order valence-electron chi connectivity index (χ3n) is 3.72. The Labute approximate surface area is 125 Å². The summed E-state index contributed by atoms with van der Waals surface area (Å²) < 4.78 is 26.4. The van der Waals surface area contributed by atoms with Gasteiger partial charge in [0.15, 0.2) is 0 Å². The first-order valence-electron chi connectivity index (χ1n) is 6.89. The molecule has 0 bridgehead atoms. The molecule has 1 aromatic rings. The Hall–Kier alpha value is -2.31. The Bertz CT molecular complexity index is 618. The van der Waals surface area contributed by atoms with Gasteiger partial charge in [0.1, 0.15) is 23.5 Å². The van der Waals surface area contributed by atoms with E-state index in [9.17, 15) is 28.3 Å². The van der Waals surface area contributed by atoms with E-state index in [-0.39, 0.29) is 12.2 Å². The maximum atomic E-state index is 13.6. The molecule has 1 fully saturated rings. The van der Waals surface area contributed by atoms with Crippen molar-refractivity contribution >= 4 is 17.7 Å². The molecule has 0 radical (unpaired) electrons. The molecule has 2 N–H and O–H groups in total. The average Bonchev–Trinajstić information content (AvgIpc) is 2.44. The van der Waals surface area contributed by atoms with Crippen LogP contribution in [0.4, 0.5) is 8.78 Å². The lowest BCUT2D eigenvalue weighted by Crippen LogP contribution is -2.47. The number of ketones is 1. The highest BCUT2D eigenvalue weighted by atomic mass is 19.1. The topological polar surface area (TPSA) is 83.5 Å². The maximum Gasteiger partial charge on any atom is 0.326 e. The van der Waals surface area contributed by atoms with Crippen molar-refractivity contribution in [1.82, 2.24) is 5.32 Å². The third kappa shape index (κ3) is 3.66. The van der Waals surface area contributed by atoms with Crippen LogP contribution in [0.1, 0.15) is 36.0 Å². The van der Waals surface area contributed by atoms with E-state index in [1.807, 2.05) is 0 Å². The molecule has 0 spiro atoms. The number of amides is 1. The van der Waals surface area contributed by atoms with Gasteiger partial charge in [0, 0.05) is 18.9 Å². The molecule has 1 amide bonds. The van der Waals surface area contributed by atoms with Crippen LogP contribution in [0.2, 0.25) is 0 Å². The fourth-order valence-electron chi connectivity index (χ4n) is 2.62. The normalized spacial score (nSPS) is 19.5. The van der Waals surface area contributed by atoms with Crippen LogP contribution < -0.4 is 5.32 Å². The van der Waals surface area contributed by atoms with E-state index in [2.05, 4.69) is 5.32 Å². The molecule has 0 aromatic heterocycles. The second-order valence-corrected chi connectivity index (χ2v) is 5.31. The number of benzene rings is 1. The number of carboxylic acid groups (broad SMARTS) is 1. The fourth-order valence-corrected chi connectivity index (χ4v) is 2.62.